The summed E-state index contributed by atoms with van der Waals surface area (Å²) in [4.78, 5) is 23.3. The van der Waals surface area contributed by atoms with Gasteiger partial charge in [0.1, 0.15) is 24.8 Å². The van der Waals surface area contributed by atoms with Crippen molar-refractivity contribution in [3.63, 3.8) is 0 Å². The second-order valence-electron chi connectivity index (χ2n) is 4.84. The Morgan fingerprint density at radius 1 is 0.840 bits per heavy atom. The van der Waals surface area contributed by atoms with Crippen LogP contribution in [0.25, 0.3) is 0 Å². The van der Waals surface area contributed by atoms with Gasteiger partial charge in [-0.1, -0.05) is 23.2 Å². The molecule has 0 aliphatic heterocycles. The molecule has 2 N–H and O–H groups in total. The van der Waals surface area contributed by atoms with Crippen molar-refractivity contribution in [1.82, 2.24) is 0 Å². The van der Waals surface area contributed by atoms with Crippen molar-refractivity contribution in [2.75, 3.05) is 23.8 Å². The molecule has 25 heavy (non-hydrogen) atoms. The zero-order chi connectivity index (χ0) is 18.4. The van der Waals surface area contributed by atoms with Crippen molar-refractivity contribution >= 4 is 46.4 Å². The Kier molecular flexibility index (Phi) is 6.69. The number of nitrogens with one attached hydrogen (secondary N) is 2. The van der Waals surface area contributed by atoms with Crippen molar-refractivity contribution in [1.29, 1.82) is 0 Å². The molecule has 0 fully saturated rings. The highest BCUT2D eigenvalue weighted by atomic mass is 35.5. The lowest BCUT2D eigenvalue weighted by molar-refractivity contribution is -0.125. The van der Waals surface area contributed by atoms with Gasteiger partial charge in [0.2, 0.25) is 11.8 Å². The SMILES string of the molecule is O=C(COCC(=O)Nc1ccc(Cl)cc1F)Nc1ccc(Cl)cc1F. The molecule has 0 radical (unpaired) electrons. The van der Waals surface area contributed by atoms with Crippen LogP contribution in [0.4, 0.5) is 20.2 Å². The summed E-state index contributed by atoms with van der Waals surface area (Å²) in [5.41, 5.74) is -0.128. The average Bonchev–Trinajstić information content (AvgIpc) is 2.53. The van der Waals surface area contributed by atoms with Crippen LogP contribution in [-0.4, -0.2) is 25.0 Å². The van der Waals surface area contributed by atoms with E-state index in [0.29, 0.717) is 0 Å². The fourth-order valence-electron chi connectivity index (χ4n) is 1.79. The van der Waals surface area contributed by atoms with E-state index in [9.17, 15) is 18.4 Å². The Morgan fingerprint density at radius 3 is 1.60 bits per heavy atom. The molecule has 0 saturated carbocycles. The Balaban J connectivity index is 1.77. The van der Waals surface area contributed by atoms with Crippen LogP contribution in [0.3, 0.4) is 0 Å². The molecule has 0 aromatic heterocycles. The first-order valence-electron chi connectivity index (χ1n) is 6.92. The van der Waals surface area contributed by atoms with Gasteiger partial charge in [0.25, 0.3) is 0 Å². The molecule has 2 aromatic rings. The molecule has 2 aromatic carbocycles. The van der Waals surface area contributed by atoms with Gasteiger partial charge in [-0.05, 0) is 36.4 Å². The summed E-state index contributed by atoms with van der Waals surface area (Å²) in [5.74, 6) is -2.72. The number of rotatable bonds is 6. The van der Waals surface area contributed by atoms with E-state index in [1.165, 1.54) is 24.3 Å². The van der Waals surface area contributed by atoms with E-state index in [-0.39, 0.29) is 21.4 Å². The summed E-state index contributed by atoms with van der Waals surface area (Å²) in [5, 5.41) is 4.93. The second-order valence-corrected chi connectivity index (χ2v) is 5.71. The lowest BCUT2D eigenvalue weighted by Gasteiger charge is -2.09. The number of halogens is 4. The zero-order valence-corrected chi connectivity index (χ0v) is 14.1. The molecule has 0 unspecified atom stereocenters. The largest absolute Gasteiger partial charge is 0.362 e. The minimum Gasteiger partial charge on any atom is -0.362 e. The van der Waals surface area contributed by atoms with Gasteiger partial charge in [0, 0.05) is 10.0 Å². The summed E-state index contributed by atoms with van der Waals surface area (Å²) in [7, 11) is 0. The van der Waals surface area contributed by atoms with E-state index < -0.39 is 36.7 Å². The molecule has 2 rings (SSSR count). The fourth-order valence-corrected chi connectivity index (χ4v) is 2.11. The highest BCUT2D eigenvalue weighted by Crippen LogP contribution is 2.19. The molecule has 0 aliphatic carbocycles. The predicted octanol–water partition coefficient (Wildman–Crippen LogP) is 3.87. The number of ether oxygens (including phenoxy) is 1. The normalized spacial score (nSPS) is 10.4. The van der Waals surface area contributed by atoms with E-state index in [1.54, 1.807) is 0 Å². The van der Waals surface area contributed by atoms with E-state index >= 15 is 0 Å². The Hall–Kier alpha value is -2.22. The van der Waals surface area contributed by atoms with E-state index in [2.05, 4.69) is 10.6 Å². The topological polar surface area (TPSA) is 67.4 Å². The Labute approximate surface area is 151 Å². The van der Waals surface area contributed by atoms with Gasteiger partial charge >= 0.3 is 0 Å². The molecule has 132 valence electrons. The first kappa shape index (κ1) is 19.1. The molecular weight excluding hydrogens is 377 g/mol. The van der Waals surface area contributed by atoms with Crippen molar-refractivity contribution in [3.05, 3.63) is 58.1 Å². The van der Waals surface area contributed by atoms with Crippen LogP contribution >= 0.6 is 23.2 Å². The summed E-state index contributed by atoms with van der Waals surface area (Å²) >= 11 is 11.2. The number of benzene rings is 2. The number of carbonyl (C=O) groups excluding carboxylic acids is 2. The zero-order valence-electron chi connectivity index (χ0n) is 12.6. The van der Waals surface area contributed by atoms with Gasteiger partial charge in [-0.3, -0.25) is 9.59 Å². The van der Waals surface area contributed by atoms with Crippen LogP contribution in [0.2, 0.25) is 10.0 Å². The molecule has 0 saturated heterocycles. The minimum atomic E-state index is -0.697. The lowest BCUT2D eigenvalue weighted by atomic mass is 10.3. The molecule has 0 heterocycles. The number of carbonyl (C=O) groups is 2. The molecule has 2 amide bonds. The molecular formula is C16H12Cl2F2N2O3. The lowest BCUT2D eigenvalue weighted by Crippen LogP contribution is -2.24. The van der Waals surface area contributed by atoms with Gasteiger partial charge in [-0.15, -0.1) is 0 Å². The maximum atomic E-state index is 13.5. The monoisotopic (exact) mass is 388 g/mol. The first-order chi connectivity index (χ1) is 11.8. The van der Waals surface area contributed by atoms with E-state index in [0.717, 1.165) is 12.1 Å². The maximum absolute atomic E-state index is 13.5. The molecule has 0 atom stereocenters. The van der Waals surface area contributed by atoms with Crippen molar-refractivity contribution in [3.8, 4) is 0 Å². The van der Waals surface area contributed by atoms with Gasteiger partial charge in [0.05, 0.1) is 11.4 Å². The maximum Gasteiger partial charge on any atom is 0.250 e. The van der Waals surface area contributed by atoms with Gasteiger partial charge in [0.15, 0.2) is 0 Å². The third-order valence-electron chi connectivity index (χ3n) is 2.88. The smallest absolute Gasteiger partial charge is 0.250 e. The number of hydrogen-bond acceptors (Lipinski definition) is 3. The standard InChI is InChI=1S/C16H12Cl2F2N2O3/c17-9-1-3-13(11(19)5-9)21-15(23)7-25-8-16(24)22-14-4-2-10(18)6-12(14)20/h1-6H,7-8H2,(H,21,23)(H,22,24). The molecule has 9 heteroatoms. The van der Waals surface area contributed by atoms with Crippen molar-refractivity contribution < 1.29 is 23.1 Å². The predicted molar refractivity (Wildman–Crippen MR) is 90.9 cm³/mol. The van der Waals surface area contributed by atoms with Crippen LogP contribution in [0.15, 0.2) is 36.4 Å². The minimum absolute atomic E-state index is 0.0642. The van der Waals surface area contributed by atoms with Crippen LogP contribution in [0.5, 0.6) is 0 Å². The fraction of sp³-hybridized carbons (Fsp3) is 0.125. The Morgan fingerprint density at radius 2 is 1.24 bits per heavy atom. The van der Waals surface area contributed by atoms with Crippen LogP contribution < -0.4 is 10.6 Å². The summed E-state index contributed by atoms with van der Waals surface area (Å²) in [6.45, 7) is -0.975. The third-order valence-corrected chi connectivity index (χ3v) is 3.35. The van der Waals surface area contributed by atoms with Crippen LogP contribution in [0, 0.1) is 11.6 Å². The van der Waals surface area contributed by atoms with E-state index in [4.69, 9.17) is 27.9 Å². The van der Waals surface area contributed by atoms with Gasteiger partial charge < -0.3 is 15.4 Å². The summed E-state index contributed by atoms with van der Waals surface area (Å²) in [6.07, 6.45) is 0. The number of amides is 2. The Bertz CT molecular complexity index is 737. The third kappa shape index (κ3) is 5.97. The summed E-state index contributed by atoms with van der Waals surface area (Å²) in [6, 6.07) is 7.51. The van der Waals surface area contributed by atoms with Crippen molar-refractivity contribution in [2.45, 2.75) is 0 Å². The molecule has 5 nitrogen and oxygen atoms in total. The van der Waals surface area contributed by atoms with Crippen molar-refractivity contribution in [2.24, 2.45) is 0 Å². The van der Waals surface area contributed by atoms with Crippen LogP contribution in [0.1, 0.15) is 0 Å². The molecule has 0 spiro atoms. The average molecular weight is 389 g/mol. The number of hydrogen-bond donors (Lipinski definition) is 2. The second kappa shape index (κ2) is 8.75. The number of anilines is 2. The van der Waals surface area contributed by atoms with Gasteiger partial charge in [-0.2, -0.15) is 0 Å². The highest BCUT2D eigenvalue weighted by molar-refractivity contribution is 6.31. The molecule has 0 aliphatic rings. The molecule has 0 bridgehead atoms. The van der Waals surface area contributed by atoms with Gasteiger partial charge in [-0.25, -0.2) is 8.78 Å². The quantitative estimate of drug-likeness (QED) is 0.789. The first-order valence-corrected chi connectivity index (χ1v) is 7.68. The highest BCUT2D eigenvalue weighted by Gasteiger charge is 2.11. The van der Waals surface area contributed by atoms with Crippen LogP contribution in [-0.2, 0) is 14.3 Å². The summed E-state index contributed by atoms with van der Waals surface area (Å²) < 4.78 is 31.9. The van der Waals surface area contributed by atoms with E-state index in [1.807, 2.05) is 0 Å².